The summed E-state index contributed by atoms with van der Waals surface area (Å²) in [7, 11) is 0. The fourth-order valence-corrected chi connectivity index (χ4v) is 2.68. The Bertz CT molecular complexity index is 1310. The Kier molecular flexibility index (Phi) is 3.86. The molecule has 134 valence electrons. The van der Waals surface area contributed by atoms with E-state index in [1.54, 1.807) is 24.3 Å². The van der Waals surface area contributed by atoms with E-state index >= 15 is 0 Å². The summed E-state index contributed by atoms with van der Waals surface area (Å²) in [6.07, 6.45) is -4.39. The summed E-state index contributed by atoms with van der Waals surface area (Å²) in [4.78, 5) is 19.8. The molecule has 2 aromatic heterocycles. The largest absolute Gasteiger partial charge is 0.416 e. The van der Waals surface area contributed by atoms with Crippen molar-refractivity contribution in [1.82, 2.24) is 19.9 Å². The topological polar surface area (TPSA) is 79.7 Å². The molecule has 0 aliphatic carbocycles. The number of alkyl halides is 3. The van der Waals surface area contributed by atoms with Crippen LogP contribution in [0.15, 0.2) is 42.5 Å². The summed E-state index contributed by atoms with van der Waals surface area (Å²) in [5.41, 5.74) is 1.57. The third kappa shape index (κ3) is 2.95. The van der Waals surface area contributed by atoms with Crippen molar-refractivity contribution in [2.45, 2.75) is 6.18 Å². The molecule has 0 aliphatic rings. The Labute approximate surface area is 155 Å². The van der Waals surface area contributed by atoms with Crippen molar-refractivity contribution < 1.29 is 13.2 Å². The summed E-state index contributed by atoms with van der Waals surface area (Å²) in [6.45, 7) is 7.08. The van der Waals surface area contributed by atoms with Gasteiger partial charge in [0.2, 0.25) is 5.65 Å². The van der Waals surface area contributed by atoms with Crippen molar-refractivity contribution >= 4 is 28.1 Å². The number of halogens is 3. The van der Waals surface area contributed by atoms with Crippen LogP contribution in [-0.2, 0) is 6.18 Å². The van der Waals surface area contributed by atoms with E-state index in [0.717, 1.165) is 12.1 Å². The van der Waals surface area contributed by atoms with Gasteiger partial charge in [0.1, 0.15) is 6.07 Å². The average molecular weight is 376 g/mol. The van der Waals surface area contributed by atoms with Gasteiger partial charge in [-0.05, 0) is 35.4 Å². The highest BCUT2D eigenvalue weighted by molar-refractivity contribution is 5.87. The van der Waals surface area contributed by atoms with E-state index in [9.17, 15) is 13.2 Å². The van der Waals surface area contributed by atoms with Gasteiger partial charge in [-0.1, -0.05) is 29.8 Å². The maximum atomic E-state index is 12.7. The zero-order chi connectivity index (χ0) is 19.9. The minimum atomic E-state index is -4.39. The number of benzene rings is 2. The Morgan fingerprint density at radius 1 is 0.857 bits per heavy atom. The second-order valence-electron chi connectivity index (χ2n) is 5.77. The molecule has 0 aliphatic heterocycles. The van der Waals surface area contributed by atoms with Crippen LogP contribution >= 0.6 is 0 Å². The van der Waals surface area contributed by atoms with E-state index in [0.29, 0.717) is 22.2 Å². The van der Waals surface area contributed by atoms with Gasteiger partial charge in [-0.3, -0.25) is 0 Å². The van der Waals surface area contributed by atoms with Crippen molar-refractivity contribution in [2.24, 2.45) is 0 Å². The Balaban J connectivity index is 1.83. The third-order valence-electron chi connectivity index (χ3n) is 4.03. The van der Waals surface area contributed by atoms with Crippen molar-refractivity contribution in [3.05, 3.63) is 65.1 Å². The fourth-order valence-electron chi connectivity index (χ4n) is 2.68. The number of hydrogen-bond donors (Lipinski definition) is 0. The number of aromatic nitrogens is 4. The van der Waals surface area contributed by atoms with Gasteiger partial charge in [0.15, 0.2) is 5.69 Å². The molecule has 0 unspecified atom stereocenters. The lowest BCUT2D eigenvalue weighted by atomic mass is 10.0. The van der Waals surface area contributed by atoms with Gasteiger partial charge in [0, 0.05) is 0 Å². The second-order valence-corrected chi connectivity index (χ2v) is 5.77. The number of nitriles is 1. The van der Waals surface area contributed by atoms with Crippen molar-refractivity contribution in [1.29, 1.82) is 5.26 Å². The van der Waals surface area contributed by atoms with Crippen molar-refractivity contribution in [2.75, 3.05) is 0 Å². The van der Waals surface area contributed by atoms with Crippen LogP contribution in [0.2, 0.25) is 0 Å². The smallest absolute Gasteiger partial charge is 0.358 e. The van der Waals surface area contributed by atoms with E-state index in [1.807, 2.05) is 0 Å². The van der Waals surface area contributed by atoms with E-state index in [4.69, 9.17) is 11.8 Å². The molecule has 0 radical (unpaired) electrons. The van der Waals surface area contributed by atoms with Crippen molar-refractivity contribution in [3.63, 3.8) is 0 Å². The molecular formula is C19H7F3N6. The van der Waals surface area contributed by atoms with Crippen LogP contribution in [0.4, 0.5) is 19.0 Å². The first-order valence-electron chi connectivity index (χ1n) is 7.84. The molecule has 9 heteroatoms. The predicted octanol–water partition coefficient (Wildman–Crippen LogP) is 4.68. The molecule has 0 atom stereocenters. The summed E-state index contributed by atoms with van der Waals surface area (Å²) < 4.78 is 38.2. The molecule has 2 heterocycles. The van der Waals surface area contributed by atoms with Gasteiger partial charge >= 0.3 is 12.0 Å². The number of hydrogen-bond acceptors (Lipinski definition) is 5. The van der Waals surface area contributed by atoms with Gasteiger partial charge in [0.25, 0.3) is 5.65 Å². The summed E-state index contributed by atoms with van der Waals surface area (Å²) in [5, 5.41) is 9.04. The maximum Gasteiger partial charge on any atom is 0.416 e. The molecule has 4 rings (SSSR count). The quantitative estimate of drug-likeness (QED) is 0.356. The standard InChI is InChI=1S/C19H7F3N6/c1-24-16-15(9-23)27-17-18(28-16)26-14-8-11(4-7-13(14)25-17)10-2-5-12(6-3-10)19(20,21)22/h2-8H. The van der Waals surface area contributed by atoms with Crippen LogP contribution in [0.3, 0.4) is 0 Å². The summed E-state index contributed by atoms with van der Waals surface area (Å²) >= 11 is 0. The molecule has 0 bridgehead atoms. The molecule has 0 saturated carbocycles. The van der Waals surface area contributed by atoms with E-state index < -0.39 is 11.7 Å². The fraction of sp³-hybridized carbons (Fsp3) is 0.0526. The zero-order valence-corrected chi connectivity index (χ0v) is 13.9. The molecule has 28 heavy (non-hydrogen) atoms. The van der Waals surface area contributed by atoms with Crippen LogP contribution in [0.25, 0.3) is 38.3 Å². The average Bonchev–Trinajstić information content (AvgIpc) is 2.70. The van der Waals surface area contributed by atoms with E-state index in [2.05, 4.69) is 24.8 Å². The SMILES string of the molecule is [C-]#[N+]c1nc2nc3cc(-c4ccc(C(F)(F)F)cc4)ccc3nc2nc1C#N. The highest BCUT2D eigenvalue weighted by atomic mass is 19.4. The zero-order valence-electron chi connectivity index (χ0n) is 13.9. The number of fused-ring (bicyclic) bond motifs is 2. The lowest BCUT2D eigenvalue weighted by molar-refractivity contribution is -0.137. The van der Waals surface area contributed by atoms with Gasteiger partial charge in [-0.2, -0.15) is 18.4 Å². The first kappa shape index (κ1) is 17.3. The number of rotatable bonds is 1. The van der Waals surface area contributed by atoms with Crippen LogP contribution in [0.1, 0.15) is 11.3 Å². The van der Waals surface area contributed by atoms with Crippen LogP contribution in [-0.4, -0.2) is 19.9 Å². The third-order valence-corrected chi connectivity index (χ3v) is 4.03. The van der Waals surface area contributed by atoms with Crippen LogP contribution in [0.5, 0.6) is 0 Å². The van der Waals surface area contributed by atoms with Gasteiger partial charge < -0.3 is 4.85 Å². The Hall–Kier alpha value is -4.11. The molecule has 0 saturated heterocycles. The molecule has 0 N–H and O–H groups in total. The van der Waals surface area contributed by atoms with Crippen molar-refractivity contribution in [3.8, 4) is 17.2 Å². The Morgan fingerprint density at radius 2 is 1.50 bits per heavy atom. The molecule has 4 aromatic rings. The summed E-state index contributed by atoms with van der Waals surface area (Å²) in [5.74, 6) is -0.164. The highest BCUT2D eigenvalue weighted by Crippen LogP contribution is 2.31. The second kappa shape index (κ2) is 6.25. The van der Waals surface area contributed by atoms with Crippen LogP contribution < -0.4 is 0 Å². The minimum Gasteiger partial charge on any atom is -0.358 e. The molecule has 6 nitrogen and oxygen atoms in total. The predicted molar refractivity (Wildman–Crippen MR) is 94.0 cm³/mol. The Morgan fingerprint density at radius 3 is 2.14 bits per heavy atom. The monoisotopic (exact) mass is 376 g/mol. The molecule has 2 aromatic carbocycles. The first-order valence-corrected chi connectivity index (χ1v) is 7.84. The number of nitrogens with zero attached hydrogens (tertiary/aromatic N) is 6. The molecular weight excluding hydrogens is 369 g/mol. The molecule has 0 amide bonds. The van der Waals surface area contributed by atoms with Crippen LogP contribution in [0, 0.1) is 17.9 Å². The van der Waals surface area contributed by atoms with E-state index in [1.165, 1.54) is 12.1 Å². The van der Waals surface area contributed by atoms with E-state index in [-0.39, 0.29) is 22.8 Å². The summed E-state index contributed by atoms with van der Waals surface area (Å²) in [6, 6.07) is 11.6. The lowest BCUT2D eigenvalue weighted by Gasteiger charge is -2.08. The molecule has 0 fully saturated rings. The van der Waals surface area contributed by atoms with Gasteiger partial charge in [0.05, 0.1) is 16.6 Å². The normalized spacial score (nSPS) is 11.3. The highest BCUT2D eigenvalue weighted by Gasteiger charge is 2.30. The maximum absolute atomic E-state index is 12.7. The minimum absolute atomic E-state index is 0.113. The first-order chi connectivity index (χ1) is 13.4. The molecule has 0 spiro atoms. The van der Waals surface area contributed by atoms with Gasteiger partial charge in [-0.25, -0.2) is 15.0 Å². The lowest BCUT2D eigenvalue weighted by Crippen LogP contribution is -2.04. The van der Waals surface area contributed by atoms with Gasteiger partial charge in [-0.15, -0.1) is 0 Å².